The number of benzene rings is 1. The zero-order valence-electron chi connectivity index (χ0n) is 11.7. The standard InChI is InChI=1S/C14H12BClFN3OS/c1-2-10(21)19-3-5-20(6-4-19)14-8-7-9(16)11(15)12(17)13(8)18-22-14/h2,7H,1,3-6H2. The number of carbonyl (C=O) groups excluding carboxylic acids is 1. The Morgan fingerprint density at radius 3 is 2.77 bits per heavy atom. The van der Waals surface area contributed by atoms with Crippen molar-refractivity contribution in [2.24, 2.45) is 0 Å². The molecule has 8 heteroatoms. The maximum Gasteiger partial charge on any atom is 0.246 e. The van der Waals surface area contributed by atoms with Crippen molar-refractivity contribution < 1.29 is 9.18 Å². The van der Waals surface area contributed by atoms with Crippen molar-refractivity contribution in [2.75, 3.05) is 31.1 Å². The van der Waals surface area contributed by atoms with Gasteiger partial charge in [0, 0.05) is 36.6 Å². The van der Waals surface area contributed by atoms with Crippen molar-refractivity contribution in [1.29, 1.82) is 0 Å². The summed E-state index contributed by atoms with van der Waals surface area (Å²) in [5, 5.41) is 1.69. The first-order valence-electron chi connectivity index (χ1n) is 6.72. The maximum absolute atomic E-state index is 14.1. The van der Waals surface area contributed by atoms with E-state index in [2.05, 4.69) is 15.9 Å². The summed E-state index contributed by atoms with van der Waals surface area (Å²) in [5.41, 5.74) is 0.166. The summed E-state index contributed by atoms with van der Waals surface area (Å²) in [6.45, 7) is 5.98. The van der Waals surface area contributed by atoms with Gasteiger partial charge >= 0.3 is 0 Å². The van der Waals surface area contributed by atoms with Crippen LogP contribution in [-0.4, -0.2) is 49.2 Å². The lowest BCUT2D eigenvalue weighted by Crippen LogP contribution is -2.48. The van der Waals surface area contributed by atoms with Gasteiger partial charge in [-0.25, -0.2) is 4.39 Å². The number of aromatic nitrogens is 1. The van der Waals surface area contributed by atoms with Crippen LogP contribution >= 0.6 is 23.1 Å². The summed E-state index contributed by atoms with van der Waals surface area (Å²) in [4.78, 5) is 15.4. The lowest BCUT2D eigenvalue weighted by molar-refractivity contribution is -0.126. The molecule has 0 N–H and O–H groups in total. The number of amides is 1. The third kappa shape index (κ3) is 2.48. The average molecular weight is 336 g/mol. The zero-order valence-corrected chi connectivity index (χ0v) is 13.3. The first-order valence-corrected chi connectivity index (χ1v) is 7.87. The number of halogens is 2. The highest BCUT2D eigenvalue weighted by Crippen LogP contribution is 2.34. The van der Waals surface area contributed by atoms with Crippen molar-refractivity contribution in [1.82, 2.24) is 9.27 Å². The molecule has 2 aromatic rings. The van der Waals surface area contributed by atoms with Crippen LogP contribution < -0.4 is 10.4 Å². The van der Waals surface area contributed by atoms with Gasteiger partial charge in [-0.3, -0.25) is 4.79 Å². The van der Waals surface area contributed by atoms with Crippen molar-refractivity contribution in [2.45, 2.75) is 0 Å². The van der Waals surface area contributed by atoms with Gasteiger partial charge in [0.1, 0.15) is 24.2 Å². The van der Waals surface area contributed by atoms with Gasteiger partial charge in [0.05, 0.1) is 0 Å². The molecule has 0 atom stereocenters. The van der Waals surface area contributed by atoms with Gasteiger partial charge in [0.2, 0.25) is 5.91 Å². The topological polar surface area (TPSA) is 36.4 Å². The Balaban J connectivity index is 1.89. The zero-order chi connectivity index (χ0) is 15.9. The Morgan fingerprint density at radius 1 is 1.45 bits per heavy atom. The summed E-state index contributed by atoms with van der Waals surface area (Å²) in [6.07, 6.45) is 1.32. The molecule has 1 aliphatic heterocycles. The van der Waals surface area contributed by atoms with Crippen LogP contribution in [0.1, 0.15) is 0 Å². The minimum absolute atomic E-state index is 0.0734. The van der Waals surface area contributed by atoms with Gasteiger partial charge in [-0.1, -0.05) is 18.2 Å². The minimum atomic E-state index is -0.578. The molecule has 1 aromatic heterocycles. The summed E-state index contributed by atoms with van der Waals surface area (Å²) < 4.78 is 18.3. The van der Waals surface area contributed by atoms with E-state index in [1.54, 1.807) is 11.0 Å². The molecule has 112 valence electrons. The molecule has 1 fully saturated rings. The van der Waals surface area contributed by atoms with Crippen LogP contribution in [-0.2, 0) is 4.79 Å². The predicted molar refractivity (Wildman–Crippen MR) is 89.0 cm³/mol. The number of fused-ring (bicyclic) bond motifs is 1. The Morgan fingerprint density at radius 2 is 2.14 bits per heavy atom. The van der Waals surface area contributed by atoms with E-state index < -0.39 is 5.82 Å². The molecular formula is C14H12BClFN3OS. The monoisotopic (exact) mass is 335 g/mol. The van der Waals surface area contributed by atoms with E-state index in [0.717, 1.165) is 5.00 Å². The SMILES string of the molecule is [B]c1c(Cl)cc2c(N3CCN(C(=O)C=C)CC3)snc2c1F. The predicted octanol–water partition coefficient (Wildman–Crippen LogP) is 1.72. The third-order valence-electron chi connectivity index (χ3n) is 3.73. The van der Waals surface area contributed by atoms with Gasteiger partial charge in [-0.15, -0.1) is 0 Å². The molecule has 0 aliphatic carbocycles. The highest BCUT2D eigenvalue weighted by Gasteiger charge is 2.24. The number of piperazine rings is 1. The average Bonchev–Trinajstić information content (AvgIpc) is 2.96. The van der Waals surface area contributed by atoms with Crippen molar-refractivity contribution in [3.05, 3.63) is 29.6 Å². The fourth-order valence-electron chi connectivity index (χ4n) is 2.50. The molecule has 1 aromatic carbocycles. The van der Waals surface area contributed by atoms with Crippen LogP contribution in [0, 0.1) is 5.82 Å². The summed E-state index contributed by atoms with van der Waals surface area (Å²) in [6, 6.07) is 1.65. The smallest absolute Gasteiger partial charge is 0.246 e. The number of nitrogens with zero attached hydrogens (tertiary/aromatic N) is 3. The van der Waals surface area contributed by atoms with Gasteiger partial charge in [0.15, 0.2) is 0 Å². The lowest BCUT2D eigenvalue weighted by atomic mass is 9.94. The molecule has 0 saturated carbocycles. The van der Waals surface area contributed by atoms with Gasteiger partial charge in [-0.05, 0) is 29.1 Å². The Bertz CT molecular complexity index is 758. The van der Waals surface area contributed by atoms with Crippen molar-refractivity contribution in [3.8, 4) is 0 Å². The van der Waals surface area contributed by atoms with Gasteiger partial charge in [0.25, 0.3) is 0 Å². The molecular weight excluding hydrogens is 324 g/mol. The lowest BCUT2D eigenvalue weighted by Gasteiger charge is -2.34. The molecule has 0 spiro atoms. The van der Waals surface area contributed by atoms with E-state index in [-0.39, 0.29) is 21.9 Å². The summed E-state index contributed by atoms with van der Waals surface area (Å²) in [7, 11) is 5.59. The molecule has 22 heavy (non-hydrogen) atoms. The Labute approximate surface area is 137 Å². The maximum atomic E-state index is 14.1. The third-order valence-corrected chi connectivity index (χ3v) is 4.97. The minimum Gasteiger partial charge on any atom is -0.358 e. The molecule has 0 bridgehead atoms. The van der Waals surface area contributed by atoms with E-state index in [1.807, 2.05) is 0 Å². The number of hydrogen-bond acceptors (Lipinski definition) is 4. The van der Waals surface area contributed by atoms with Gasteiger partial charge in [-0.2, -0.15) is 4.37 Å². The molecule has 2 radical (unpaired) electrons. The largest absolute Gasteiger partial charge is 0.358 e. The first kappa shape index (κ1) is 15.3. The van der Waals surface area contributed by atoms with Crippen LogP contribution in [0.3, 0.4) is 0 Å². The highest BCUT2D eigenvalue weighted by atomic mass is 35.5. The van der Waals surface area contributed by atoms with Crippen LogP contribution in [0.25, 0.3) is 10.9 Å². The number of hydrogen-bond donors (Lipinski definition) is 0. The normalized spacial score (nSPS) is 15.4. The van der Waals surface area contributed by atoms with Crippen LogP contribution in [0.5, 0.6) is 0 Å². The number of anilines is 1. The van der Waals surface area contributed by atoms with E-state index in [1.165, 1.54) is 17.6 Å². The molecule has 0 unspecified atom stereocenters. The van der Waals surface area contributed by atoms with E-state index in [4.69, 9.17) is 19.4 Å². The van der Waals surface area contributed by atoms with E-state index in [9.17, 15) is 9.18 Å². The number of carbonyl (C=O) groups is 1. The molecule has 4 nitrogen and oxygen atoms in total. The second kappa shape index (κ2) is 5.89. The fraction of sp³-hybridized carbons (Fsp3) is 0.286. The van der Waals surface area contributed by atoms with Crippen LogP contribution in [0.4, 0.5) is 9.39 Å². The first-order chi connectivity index (χ1) is 10.5. The van der Waals surface area contributed by atoms with E-state index >= 15 is 0 Å². The molecule has 1 amide bonds. The highest BCUT2D eigenvalue weighted by molar-refractivity contribution is 7.11. The Hall–Kier alpha value is -1.60. The van der Waals surface area contributed by atoms with Crippen LogP contribution in [0.2, 0.25) is 5.02 Å². The van der Waals surface area contributed by atoms with Crippen LogP contribution in [0.15, 0.2) is 18.7 Å². The quantitative estimate of drug-likeness (QED) is 0.619. The fourth-order valence-corrected chi connectivity index (χ4v) is 3.60. The molecule has 1 aliphatic rings. The summed E-state index contributed by atoms with van der Waals surface area (Å²) >= 11 is 7.19. The van der Waals surface area contributed by atoms with E-state index in [0.29, 0.717) is 31.6 Å². The number of rotatable bonds is 2. The second-order valence-corrected chi connectivity index (χ2v) is 6.15. The molecule has 1 saturated heterocycles. The van der Waals surface area contributed by atoms with Crippen molar-refractivity contribution >= 4 is 58.3 Å². The molecule has 2 heterocycles. The second-order valence-electron chi connectivity index (χ2n) is 4.99. The Kier molecular flexibility index (Phi) is 4.10. The molecule has 3 rings (SSSR count). The van der Waals surface area contributed by atoms with Gasteiger partial charge < -0.3 is 9.80 Å². The summed E-state index contributed by atoms with van der Waals surface area (Å²) in [5.74, 6) is -0.652. The van der Waals surface area contributed by atoms with Crippen molar-refractivity contribution in [3.63, 3.8) is 0 Å².